The van der Waals surface area contributed by atoms with E-state index >= 15 is 4.79 Å². The number of benzene rings is 10. The SMILES string of the molecule is C=c1cc2c3cc(Oc4c(C)cccc4C)c4c5c(Oc6c(C)cccc6C)ccc6ccc(Oc7c(C)cccc7C)c(c7c(Oc8c(C)cccc8C)cc(c(=O)n2c2ccc(C)cc12)c3c74)c65. The van der Waals surface area contributed by atoms with Crippen LogP contribution in [-0.2, 0) is 0 Å². The van der Waals surface area contributed by atoms with Crippen molar-refractivity contribution in [1.29, 1.82) is 0 Å². The fraction of sp³-hybridized carbons (Fsp3) is 0.141. The molecular weight excluding hydrogens is 863 g/mol. The van der Waals surface area contributed by atoms with Gasteiger partial charge in [0.15, 0.2) is 0 Å². The lowest BCUT2D eigenvalue weighted by Gasteiger charge is -2.26. The van der Waals surface area contributed by atoms with Crippen molar-refractivity contribution >= 4 is 76.9 Å². The second-order valence-electron chi connectivity index (χ2n) is 19.3. The second-order valence-corrected chi connectivity index (χ2v) is 19.3. The normalized spacial score (nSPS) is 11.9. The van der Waals surface area contributed by atoms with Crippen LogP contribution in [0.4, 0.5) is 0 Å². The van der Waals surface area contributed by atoms with Crippen molar-refractivity contribution in [1.82, 2.24) is 4.40 Å². The van der Waals surface area contributed by atoms with Crippen LogP contribution in [0, 0.1) is 62.3 Å². The van der Waals surface area contributed by atoms with Crippen LogP contribution < -0.4 is 29.7 Å². The number of aromatic nitrogens is 1. The Bertz CT molecular complexity index is 4140. The number of hydrogen-bond acceptors (Lipinski definition) is 5. The molecule has 12 rings (SSSR count). The van der Waals surface area contributed by atoms with Crippen molar-refractivity contribution in [2.24, 2.45) is 0 Å². The molecule has 12 aromatic rings. The largest absolute Gasteiger partial charge is 0.456 e. The molecule has 342 valence electrons. The molecule has 2 heterocycles. The van der Waals surface area contributed by atoms with Gasteiger partial charge < -0.3 is 18.9 Å². The molecule has 0 aliphatic rings. The summed E-state index contributed by atoms with van der Waals surface area (Å²) in [4.78, 5) is 15.8. The summed E-state index contributed by atoms with van der Waals surface area (Å²) in [6, 6.07) is 45.5. The number of nitrogens with zero attached hydrogens (tertiary/aromatic N) is 1. The Hall–Kier alpha value is -8.35. The Kier molecular flexibility index (Phi) is 9.73. The molecule has 0 unspecified atom stereocenters. The molecule has 0 aliphatic carbocycles. The van der Waals surface area contributed by atoms with E-state index in [-0.39, 0.29) is 5.56 Å². The van der Waals surface area contributed by atoms with Crippen LogP contribution in [-0.4, -0.2) is 4.40 Å². The van der Waals surface area contributed by atoms with Crippen LogP contribution in [0.5, 0.6) is 46.0 Å². The van der Waals surface area contributed by atoms with E-state index in [0.29, 0.717) is 28.4 Å². The zero-order chi connectivity index (χ0) is 48.4. The number of hydrogen-bond donors (Lipinski definition) is 0. The fourth-order valence-electron chi connectivity index (χ4n) is 11.0. The highest BCUT2D eigenvalue weighted by Gasteiger charge is 2.30. The maximum atomic E-state index is 15.8. The van der Waals surface area contributed by atoms with E-state index in [1.807, 2.05) is 28.7 Å². The van der Waals surface area contributed by atoms with Crippen molar-refractivity contribution in [2.45, 2.75) is 62.3 Å². The van der Waals surface area contributed by atoms with Gasteiger partial charge in [-0.2, -0.15) is 0 Å². The molecule has 0 bridgehead atoms. The van der Waals surface area contributed by atoms with Gasteiger partial charge in [0.2, 0.25) is 0 Å². The topological polar surface area (TPSA) is 58.4 Å². The first kappa shape index (κ1) is 43.0. The molecule has 0 amide bonds. The number of aryl methyl sites for hydroxylation is 9. The number of pyridine rings is 2. The summed E-state index contributed by atoms with van der Waals surface area (Å²) in [6.07, 6.45) is 0. The third-order valence-electron chi connectivity index (χ3n) is 14.4. The van der Waals surface area contributed by atoms with E-state index in [1.54, 1.807) is 0 Å². The minimum Gasteiger partial charge on any atom is -0.456 e. The Balaban J connectivity index is 1.38. The maximum absolute atomic E-state index is 15.8. The number of para-hydroxylation sites is 4. The molecule has 10 aromatic carbocycles. The molecule has 6 heteroatoms. The number of fused-ring (bicyclic) bond motifs is 6. The van der Waals surface area contributed by atoms with Gasteiger partial charge in [0.1, 0.15) is 46.0 Å². The predicted octanol–water partition coefficient (Wildman–Crippen LogP) is 16.7. The van der Waals surface area contributed by atoms with Gasteiger partial charge >= 0.3 is 0 Å². The standard InChI is InChI=1S/C64H51NO5/c1-33-23-26-47-44(29-33)42(10)30-48-45-31-51(69-62-38(6)19-13-20-39(62)7)57-55-49(67-60-34(2)15-11-16-35(60)3)27-24-43-25-28-50(68-61-36(4)17-12-18-37(61)5)56(53(43)55)58-52(70-63-40(8)21-14-22-41(63)9)32-46(54(45)59(57)58)64(66)65(47)48/h11-32H,10H2,1-9H3. The summed E-state index contributed by atoms with van der Waals surface area (Å²) in [5.74, 6) is 5.44. The van der Waals surface area contributed by atoms with Gasteiger partial charge in [-0.25, -0.2) is 0 Å². The Morgan fingerprint density at radius 2 is 0.757 bits per heavy atom. The van der Waals surface area contributed by atoms with Crippen LogP contribution >= 0.6 is 0 Å². The monoisotopic (exact) mass is 913 g/mol. The van der Waals surface area contributed by atoms with Crippen LogP contribution in [0.2, 0.25) is 0 Å². The third kappa shape index (κ3) is 6.43. The molecule has 0 aliphatic heterocycles. The van der Waals surface area contributed by atoms with Crippen LogP contribution in [0.25, 0.3) is 76.9 Å². The van der Waals surface area contributed by atoms with Crippen molar-refractivity contribution in [2.75, 3.05) is 0 Å². The highest BCUT2D eigenvalue weighted by molar-refractivity contribution is 6.42. The van der Waals surface area contributed by atoms with Crippen molar-refractivity contribution in [3.63, 3.8) is 0 Å². The Morgan fingerprint density at radius 3 is 1.20 bits per heavy atom. The molecule has 0 atom stereocenters. The van der Waals surface area contributed by atoms with E-state index < -0.39 is 0 Å². The lowest BCUT2D eigenvalue weighted by Crippen LogP contribution is -2.18. The van der Waals surface area contributed by atoms with E-state index in [0.717, 1.165) is 143 Å². The van der Waals surface area contributed by atoms with E-state index in [9.17, 15) is 0 Å². The predicted molar refractivity (Wildman–Crippen MR) is 289 cm³/mol. The maximum Gasteiger partial charge on any atom is 0.263 e. The molecular formula is C64H51NO5. The summed E-state index contributed by atoms with van der Waals surface area (Å²) >= 11 is 0. The van der Waals surface area contributed by atoms with Crippen LogP contribution in [0.3, 0.4) is 0 Å². The molecule has 0 saturated heterocycles. The van der Waals surface area contributed by atoms with Gasteiger partial charge in [-0.15, -0.1) is 0 Å². The Morgan fingerprint density at radius 1 is 0.357 bits per heavy atom. The smallest absolute Gasteiger partial charge is 0.263 e. The lowest BCUT2D eigenvalue weighted by molar-refractivity contribution is 0.475. The van der Waals surface area contributed by atoms with E-state index in [2.05, 4.69) is 178 Å². The average Bonchev–Trinajstić information content (AvgIpc) is 3.33. The van der Waals surface area contributed by atoms with Gasteiger partial charge in [-0.3, -0.25) is 9.20 Å². The molecule has 6 nitrogen and oxygen atoms in total. The molecule has 2 aromatic heterocycles. The van der Waals surface area contributed by atoms with Gasteiger partial charge in [0.05, 0.1) is 16.4 Å². The summed E-state index contributed by atoms with van der Waals surface area (Å²) < 4.78 is 31.2. The number of rotatable bonds is 8. The molecule has 0 fully saturated rings. The van der Waals surface area contributed by atoms with Crippen molar-refractivity contribution < 1.29 is 18.9 Å². The molecule has 0 radical (unpaired) electrons. The molecule has 0 saturated carbocycles. The molecule has 0 spiro atoms. The van der Waals surface area contributed by atoms with Crippen molar-refractivity contribution in [3.05, 3.63) is 199 Å². The Labute approximate surface area is 405 Å². The molecule has 70 heavy (non-hydrogen) atoms. The van der Waals surface area contributed by atoms with Gasteiger partial charge in [-0.1, -0.05) is 103 Å². The van der Waals surface area contributed by atoms with Crippen molar-refractivity contribution in [3.8, 4) is 46.0 Å². The first-order chi connectivity index (χ1) is 33.8. The second kappa shape index (κ2) is 15.9. The molecule has 0 N–H and O–H groups in total. The summed E-state index contributed by atoms with van der Waals surface area (Å²) in [7, 11) is 0. The zero-order valence-electron chi connectivity index (χ0n) is 40.9. The van der Waals surface area contributed by atoms with E-state index in [1.165, 1.54) is 0 Å². The average molecular weight is 914 g/mol. The third-order valence-corrected chi connectivity index (χ3v) is 14.4. The number of ether oxygens (including phenoxy) is 4. The summed E-state index contributed by atoms with van der Waals surface area (Å²) in [5.41, 5.74) is 10.4. The van der Waals surface area contributed by atoms with Gasteiger partial charge in [-0.05, 0) is 160 Å². The lowest BCUT2D eigenvalue weighted by atomic mass is 9.85. The van der Waals surface area contributed by atoms with Gasteiger partial charge in [0.25, 0.3) is 5.56 Å². The van der Waals surface area contributed by atoms with Gasteiger partial charge in [0, 0.05) is 48.5 Å². The first-order valence-electron chi connectivity index (χ1n) is 23.9. The highest BCUT2D eigenvalue weighted by Crippen LogP contribution is 2.56. The minimum atomic E-state index is -0.167. The summed E-state index contributed by atoms with van der Waals surface area (Å²) in [5, 5.41) is 9.79. The van der Waals surface area contributed by atoms with E-state index in [4.69, 9.17) is 18.9 Å². The summed E-state index contributed by atoms with van der Waals surface area (Å²) in [6.45, 7) is 23.2. The fourth-order valence-corrected chi connectivity index (χ4v) is 11.0. The highest BCUT2D eigenvalue weighted by atomic mass is 16.5. The van der Waals surface area contributed by atoms with Crippen LogP contribution in [0.15, 0.2) is 138 Å². The first-order valence-corrected chi connectivity index (χ1v) is 23.9. The minimum absolute atomic E-state index is 0.167. The zero-order valence-corrected chi connectivity index (χ0v) is 40.9. The quantitative estimate of drug-likeness (QED) is 0.112. The van der Waals surface area contributed by atoms with Crippen LogP contribution in [0.1, 0.15) is 50.1 Å².